The minimum atomic E-state index is -0.834. The van der Waals surface area contributed by atoms with Crippen LogP contribution in [0, 0.1) is 0 Å². The Kier molecular flexibility index (Phi) is 38.3. The molecule has 6 heteroatoms. The number of esters is 3. The van der Waals surface area contributed by atoms with E-state index < -0.39 is 6.10 Å². The third-order valence-corrected chi connectivity index (χ3v) is 7.79. The first-order valence-electron chi connectivity index (χ1n) is 20.6. The van der Waals surface area contributed by atoms with Crippen molar-refractivity contribution in [1.82, 2.24) is 0 Å². The fourth-order valence-corrected chi connectivity index (χ4v) is 4.78. The third-order valence-electron chi connectivity index (χ3n) is 7.79. The van der Waals surface area contributed by atoms with Crippen LogP contribution in [-0.2, 0) is 28.6 Å². The summed E-state index contributed by atoms with van der Waals surface area (Å²) in [6, 6.07) is 0. The maximum Gasteiger partial charge on any atom is 0.306 e. The smallest absolute Gasteiger partial charge is 0.306 e. The molecule has 0 aliphatic heterocycles. The molecule has 54 heavy (non-hydrogen) atoms. The van der Waals surface area contributed by atoms with E-state index in [1.165, 1.54) is 0 Å². The molecule has 0 radical (unpaired) electrons. The summed E-state index contributed by atoms with van der Waals surface area (Å²) in [6.07, 6.45) is 56.3. The van der Waals surface area contributed by atoms with Gasteiger partial charge in [0.15, 0.2) is 6.10 Å². The Hall–Kier alpha value is -4.19. The van der Waals surface area contributed by atoms with Crippen molar-refractivity contribution in [2.75, 3.05) is 13.2 Å². The molecule has 0 amide bonds. The Morgan fingerprint density at radius 1 is 0.389 bits per heavy atom. The number of ether oxygens (including phenoxy) is 3. The van der Waals surface area contributed by atoms with E-state index in [0.29, 0.717) is 19.3 Å². The maximum absolute atomic E-state index is 12.7. The highest BCUT2D eigenvalue weighted by atomic mass is 16.6. The summed E-state index contributed by atoms with van der Waals surface area (Å²) in [7, 11) is 0. The lowest BCUT2D eigenvalue weighted by Gasteiger charge is -2.18. The van der Waals surface area contributed by atoms with Crippen molar-refractivity contribution >= 4 is 17.9 Å². The SMILES string of the molecule is CC\C=C/C=C\C=C/C=C\CCCCCC(=O)OCC(COC(=O)CCC/C=C\C/C=C\C/C=C\CC)OC(=O)CCCC/C=C\C/C=C\C/C=C\CC. The molecular formula is C48H72O6. The van der Waals surface area contributed by atoms with Crippen LogP contribution < -0.4 is 0 Å². The molecule has 0 heterocycles. The van der Waals surface area contributed by atoms with E-state index in [1.807, 2.05) is 36.5 Å². The Morgan fingerprint density at radius 3 is 1.33 bits per heavy atom. The average molecular weight is 745 g/mol. The van der Waals surface area contributed by atoms with Crippen molar-refractivity contribution in [3.05, 3.63) is 122 Å². The second-order valence-electron chi connectivity index (χ2n) is 12.8. The molecule has 0 aliphatic carbocycles. The monoisotopic (exact) mass is 745 g/mol. The number of carbonyl (C=O) groups is 3. The molecule has 0 aromatic carbocycles. The predicted molar refractivity (Wildman–Crippen MR) is 228 cm³/mol. The van der Waals surface area contributed by atoms with Gasteiger partial charge in [-0.1, -0.05) is 149 Å². The van der Waals surface area contributed by atoms with Crippen LogP contribution in [0.25, 0.3) is 0 Å². The van der Waals surface area contributed by atoms with Crippen LogP contribution in [0.4, 0.5) is 0 Å². The van der Waals surface area contributed by atoms with Gasteiger partial charge in [-0.2, -0.15) is 0 Å². The van der Waals surface area contributed by atoms with Gasteiger partial charge < -0.3 is 14.2 Å². The Balaban J connectivity index is 4.62. The third kappa shape index (κ3) is 39.0. The molecule has 0 spiro atoms. The number of rotatable bonds is 34. The van der Waals surface area contributed by atoms with E-state index in [4.69, 9.17) is 14.2 Å². The maximum atomic E-state index is 12.7. The largest absolute Gasteiger partial charge is 0.462 e. The highest BCUT2D eigenvalue weighted by molar-refractivity contribution is 5.71. The molecular weight excluding hydrogens is 673 g/mol. The van der Waals surface area contributed by atoms with Gasteiger partial charge in [0.1, 0.15) is 13.2 Å². The predicted octanol–water partition coefficient (Wildman–Crippen LogP) is 13.0. The summed E-state index contributed by atoms with van der Waals surface area (Å²) in [5, 5.41) is 0. The lowest BCUT2D eigenvalue weighted by atomic mass is 10.1. The first-order chi connectivity index (χ1) is 26.5. The number of hydrogen-bond acceptors (Lipinski definition) is 6. The highest BCUT2D eigenvalue weighted by Crippen LogP contribution is 2.09. The number of allylic oxidation sites excluding steroid dienone is 20. The lowest BCUT2D eigenvalue weighted by molar-refractivity contribution is -0.167. The van der Waals surface area contributed by atoms with Crippen molar-refractivity contribution in [2.45, 2.75) is 149 Å². The fraction of sp³-hybridized carbons (Fsp3) is 0.521. The van der Waals surface area contributed by atoms with Crippen molar-refractivity contribution in [2.24, 2.45) is 0 Å². The number of carbonyl (C=O) groups excluding carboxylic acids is 3. The van der Waals surface area contributed by atoms with Gasteiger partial charge in [-0.05, 0) is 96.3 Å². The van der Waals surface area contributed by atoms with Gasteiger partial charge in [-0.3, -0.25) is 14.4 Å². The topological polar surface area (TPSA) is 78.9 Å². The van der Waals surface area contributed by atoms with E-state index in [0.717, 1.165) is 89.9 Å². The molecule has 0 aromatic rings. The van der Waals surface area contributed by atoms with E-state index in [-0.39, 0.29) is 44.0 Å². The lowest BCUT2D eigenvalue weighted by Crippen LogP contribution is -2.30. The van der Waals surface area contributed by atoms with Gasteiger partial charge >= 0.3 is 17.9 Å². The average Bonchev–Trinajstić information content (AvgIpc) is 3.17. The quantitative estimate of drug-likeness (QED) is 0.0215. The zero-order valence-electron chi connectivity index (χ0n) is 33.9. The molecule has 0 bridgehead atoms. The fourth-order valence-electron chi connectivity index (χ4n) is 4.78. The van der Waals surface area contributed by atoms with Crippen LogP contribution in [0.2, 0.25) is 0 Å². The molecule has 0 aromatic heterocycles. The summed E-state index contributed by atoms with van der Waals surface area (Å²) in [5.41, 5.74) is 0. The van der Waals surface area contributed by atoms with Crippen LogP contribution in [0.3, 0.4) is 0 Å². The van der Waals surface area contributed by atoms with Gasteiger partial charge in [0.25, 0.3) is 0 Å². The summed E-state index contributed by atoms with van der Waals surface area (Å²) in [5.74, 6) is -1.09. The summed E-state index contributed by atoms with van der Waals surface area (Å²) < 4.78 is 16.5. The van der Waals surface area contributed by atoms with Crippen LogP contribution in [0.1, 0.15) is 143 Å². The van der Waals surface area contributed by atoms with Crippen LogP contribution in [0.15, 0.2) is 122 Å². The summed E-state index contributed by atoms with van der Waals surface area (Å²) >= 11 is 0. The summed E-state index contributed by atoms with van der Waals surface area (Å²) in [4.78, 5) is 37.6. The van der Waals surface area contributed by atoms with Crippen molar-refractivity contribution in [3.63, 3.8) is 0 Å². The molecule has 0 rings (SSSR count). The number of unbranched alkanes of at least 4 members (excludes halogenated alkanes) is 6. The molecule has 0 aliphatic rings. The minimum Gasteiger partial charge on any atom is -0.462 e. The van der Waals surface area contributed by atoms with Gasteiger partial charge in [0, 0.05) is 19.3 Å². The van der Waals surface area contributed by atoms with Crippen LogP contribution >= 0.6 is 0 Å². The molecule has 1 unspecified atom stereocenters. The van der Waals surface area contributed by atoms with E-state index in [9.17, 15) is 14.4 Å². The van der Waals surface area contributed by atoms with E-state index >= 15 is 0 Å². The number of hydrogen-bond donors (Lipinski definition) is 0. The second-order valence-corrected chi connectivity index (χ2v) is 12.8. The zero-order valence-corrected chi connectivity index (χ0v) is 33.9. The second kappa shape index (κ2) is 41.6. The highest BCUT2D eigenvalue weighted by Gasteiger charge is 2.19. The van der Waals surface area contributed by atoms with Crippen LogP contribution in [-0.4, -0.2) is 37.2 Å². The molecule has 0 saturated heterocycles. The van der Waals surface area contributed by atoms with Crippen molar-refractivity contribution < 1.29 is 28.6 Å². The van der Waals surface area contributed by atoms with Gasteiger partial charge in [-0.15, -0.1) is 0 Å². The molecule has 300 valence electrons. The van der Waals surface area contributed by atoms with E-state index in [2.05, 4.69) is 106 Å². The van der Waals surface area contributed by atoms with E-state index in [1.54, 1.807) is 0 Å². The van der Waals surface area contributed by atoms with Gasteiger partial charge in [-0.25, -0.2) is 0 Å². The Bertz CT molecular complexity index is 1220. The standard InChI is InChI=1S/C48H72O6/c1-4-7-10-13-16-19-22-24-27-29-32-35-38-41-47(50)53-44-45(43-52-46(49)40-37-34-31-28-25-21-18-15-12-9-6-3)54-48(51)42-39-36-33-30-26-23-20-17-14-11-8-5-2/h7-13,16-22,24,26-28,30-31,45H,4-6,14-15,23,25,29,32-44H2,1-3H3/b10-7-,11-8-,12-9-,16-13-,20-17-,21-18-,22-19-,27-24-,30-26-,31-28-. The molecule has 0 fully saturated rings. The molecule has 6 nitrogen and oxygen atoms in total. The van der Waals surface area contributed by atoms with Crippen LogP contribution in [0.5, 0.6) is 0 Å². The Labute approximate surface area is 329 Å². The molecule has 1 atom stereocenters. The first kappa shape index (κ1) is 49.8. The molecule has 0 saturated carbocycles. The molecule has 0 N–H and O–H groups in total. The first-order valence-corrected chi connectivity index (χ1v) is 20.6. The van der Waals surface area contributed by atoms with Gasteiger partial charge in [0.05, 0.1) is 0 Å². The van der Waals surface area contributed by atoms with Crippen molar-refractivity contribution in [3.8, 4) is 0 Å². The summed E-state index contributed by atoms with van der Waals surface area (Å²) in [6.45, 7) is 6.09. The Morgan fingerprint density at radius 2 is 0.778 bits per heavy atom. The van der Waals surface area contributed by atoms with Crippen molar-refractivity contribution in [1.29, 1.82) is 0 Å². The normalized spacial score (nSPS) is 13.3. The minimum absolute atomic E-state index is 0.134. The van der Waals surface area contributed by atoms with Gasteiger partial charge in [0.2, 0.25) is 0 Å². The zero-order chi connectivity index (χ0) is 39.4.